The lowest BCUT2D eigenvalue weighted by atomic mass is 10.0. The number of rotatable bonds is 6. The summed E-state index contributed by atoms with van der Waals surface area (Å²) in [5.74, 6) is -1.36. The Morgan fingerprint density at radius 1 is 1.16 bits per heavy atom. The van der Waals surface area contributed by atoms with E-state index in [2.05, 4.69) is 0 Å². The second kappa shape index (κ2) is 6.70. The number of ether oxygens (including phenoxy) is 1. The Balaban J connectivity index is 2.98. The number of sulfone groups is 1. The molecule has 0 aliphatic rings. The Bertz CT molecular complexity index is 506. The third kappa shape index (κ3) is 5.03. The van der Waals surface area contributed by atoms with E-state index in [0.29, 0.717) is 5.56 Å². The van der Waals surface area contributed by atoms with Gasteiger partial charge in [0.2, 0.25) is 0 Å². The van der Waals surface area contributed by atoms with Crippen molar-refractivity contribution < 1.29 is 17.9 Å². The van der Waals surface area contributed by atoms with E-state index in [-0.39, 0.29) is 17.4 Å². The van der Waals surface area contributed by atoms with Crippen LogP contribution in [-0.2, 0) is 19.4 Å². The van der Waals surface area contributed by atoms with E-state index in [9.17, 15) is 13.2 Å². The van der Waals surface area contributed by atoms with Crippen molar-refractivity contribution in [1.82, 2.24) is 0 Å². The first-order valence-electron chi connectivity index (χ1n) is 6.19. The largest absolute Gasteiger partial charge is 0.469 e. The molecule has 0 spiro atoms. The van der Waals surface area contributed by atoms with Gasteiger partial charge in [0, 0.05) is 0 Å². The fourth-order valence-electron chi connectivity index (χ4n) is 1.96. The molecule has 5 heteroatoms. The molecule has 19 heavy (non-hydrogen) atoms. The van der Waals surface area contributed by atoms with Gasteiger partial charge in [-0.25, -0.2) is 8.42 Å². The van der Waals surface area contributed by atoms with Gasteiger partial charge in [-0.3, -0.25) is 4.79 Å². The molecule has 0 aromatic heterocycles. The molecule has 0 amide bonds. The summed E-state index contributed by atoms with van der Waals surface area (Å²) in [4.78, 5) is 11.8. The number of benzene rings is 1. The van der Waals surface area contributed by atoms with E-state index in [4.69, 9.17) is 4.74 Å². The van der Waals surface area contributed by atoms with Crippen molar-refractivity contribution in [3.05, 3.63) is 35.9 Å². The maximum Gasteiger partial charge on any atom is 0.314 e. The van der Waals surface area contributed by atoms with Crippen LogP contribution in [0.3, 0.4) is 0 Å². The first kappa shape index (κ1) is 15.7. The molecule has 106 valence electrons. The van der Waals surface area contributed by atoms with E-state index in [1.54, 1.807) is 24.3 Å². The molecule has 0 aliphatic heterocycles. The van der Waals surface area contributed by atoms with Crippen LogP contribution in [0.5, 0.6) is 0 Å². The molecule has 1 unspecified atom stereocenters. The van der Waals surface area contributed by atoms with Crippen LogP contribution in [-0.4, -0.2) is 33.0 Å². The second-order valence-corrected chi connectivity index (χ2v) is 7.11. The Morgan fingerprint density at radius 2 is 1.74 bits per heavy atom. The lowest BCUT2D eigenvalue weighted by molar-refractivity contribution is -0.141. The average molecular weight is 284 g/mol. The van der Waals surface area contributed by atoms with Gasteiger partial charge in [0.1, 0.15) is 0 Å². The number of esters is 1. The van der Waals surface area contributed by atoms with Crippen molar-refractivity contribution in [2.24, 2.45) is 5.92 Å². The van der Waals surface area contributed by atoms with Gasteiger partial charge in [-0.2, -0.15) is 0 Å². The molecular weight excluding hydrogens is 264 g/mol. The van der Waals surface area contributed by atoms with Crippen molar-refractivity contribution in [3.63, 3.8) is 0 Å². The zero-order chi connectivity index (χ0) is 14.5. The molecule has 0 saturated heterocycles. The van der Waals surface area contributed by atoms with Crippen molar-refractivity contribution >= 4 is 15.8 Å². The van der Waals surface area contributed by atoms with E-state index < -0.39 is 21.7 Å². The first-order valence-corrected chi connectivity index (χ1v) is 8.01. The van der Waals surface area contributed by atoms with Crippen LogP contribution in [0, 0.1) is 5.92 Å². The maximum absolute atomic E-state index is 12.0. The van der Waals surface area contributed by atoms with Crippen LogP contribution in [0.15, 0.2) is 30.3 Å². The average Bonchev–Trinajstić information content (AvgIpc) is 2.34. The number of methoxy groups -OCH3 is 1. The van der Waals surface area contributed by atoms with Crippen LogP contribution < -0.4 is 0 Å². The highest BCUT2D eigenvalue weighted by Gasteiger charge is 2.28. The highest BCUT2D eigenvalue weighted by molar-refractivity contribution is 7.91. The van der Waals surface area contributed by atoms with Crippen LogP contribution in [0.2, 0.25) is 0 Å². The Morgan fingerprint density at radius 3 is 2.21 bits per heavy atom. The minimum absolute atomic E-state index is 0.0408. The van der Waals surface area contributed by atoms with Crippen LogP contribution in [0.4, 0.5) is 0 Å². The van der Waals surface area contributed by atoms with Gasteiger partial charge in [0.25, 0.3) is 0 Å². The summed E-state index contributed by atoms with van der Waals surface area (Å²) >= 11 is 0. The molecule has 0 N–H and O–H groups in total. The van der Waals surface area contributed by atoms with Crippen molar-refractivity contribution in [2.75, 3.05) is 18.6 Å². The predicted octanol–water partition coefficient (Wildman–Crippen LogP) is 2.01. The smallest absolute Gasteiger partial charge is 0.314 e. The molecule has 0 radical (unpaired) electrons. The summed E-state index contributed by atoms with van der Waals surface area (Å²) in [6.07, 6.45) is 0. The van der Waals surface area contributed by atoms with Gasteiger partial charge in [-0.1, -0.05) is 44.2 Å². The van der Waals surface area contributed by atoms with Crippen molar-refractivity contribution in [2.45, 2.75) is 19.8 Å². The molecule has 0 bridgehead atoms. The molecule has 0 heterocycles. The van der Waals surface area contributed by atoms with Gasteiger partial charge < -0.3 is 4.74 Å². The van der Waals surface area contributed by atoms with Gasteiger partial charge in [-0.05, 0) is 11.5 Å². The summed E-state index contributed by atoms with van der Waals surface area (Å²) in [5.41, 5.74) is 0.668. The fraction of sp³-hybridized carbons (Fsp3) is 0.500. The lowest BCUT2D eigenvalue weighted by Crippen LogP contribution is -2.26. The SMILES string of the molecule is COC(=O)C(CS(=O)(=O)CC(C)C)c1ccccc1. The molecule has 1 aromatic rings. The number of carbonyl (C=O) groups excluding carboxylic acids is 1. The number of hydrogen-bond donors (Lipinski definition) is 0. The third-order valence-electron chi connectivity index (χ3n) is 2.70. The highest BCUT2D eigenvalue weighted by atomic mass is 32.2. The minimum atomic E-state index is -3.28. The monoisotopic (exact) mass is 284 g/mol. The Labute approximate surface area is 114 Å². The standard InChI is InChI=1S/C14H20O4S/c1-11(2)9-19(16,17)10-13(14(15)18-3)12-7-5-4-6-8-12/h4-8,11,13H,9-10H2,1-3H3. The summed E-state index contributed by atoms with van der Waals surface area (Å²) in [6, 6.07) is 8.86. The fourth-order valence-corrected chi connectivity index (χ4v) is 3.95. The molecule has 0 fully saturated rings. The predicted molar refractivity (Wildman–Crippen MR) is 74.7 cm³/mol. The van der Waals surface area contributed by atoms with E-state index in [0.717, 1.165) is 0 Å². The second-order valence-electron chi connectivity index (χ2n) is 4.96. The lowest BCUT2D eigenvalue weighted by Gasteiger charge is -2.16. The molecule has 4 nitrogen and oxygen atoms in total. The molecule has 1 rings (SSSR count). The summed E-state index contributed by atoms with van der Waals surface area (Å²) < 4.78 is 28.8. The summed E-state index contributed by atoms with van der Waals surface area (Å²) in [6.45, 7) is 3.68. The Kier molecular flexibility index (Phi) is 5.54. The van der Waals surface area contributed by atoms with Crippen LogP contribution in [0.1, 0.15) is 25.3 Å². The Hall–Kier alpha value is -1.36. The van der Waals surface area contributed by atoms with E-state index >= 15 is 0 Å². The normalized spacial score (nSPS) is 13.3. The zero-order valence-corrected chi connectivity index (χ0v) is 12.3. The quantitative estimate of drug-likeness (QED) is 0.750. The van der Waals surface area contributed by atoms with Gasteiger partial charge in [0.15, 0.2) is 9.84 Å². The summed E-state index contributed by atoms with van der Waals surface area (Å²) in [5, 5.41) is 0. The molecular formula is C14H20O4S. The van der Waals surface area contributed by atoms with Crippen molar-refractivity contribution in [1.29, 1.82) is 0 Å². The van der Waals surface area contributed by atoms with E-state index in [1.165, 1.54) is 7.11 Å². The van der Waals surface area contributed by atoms with Gasteiger partial charge >= 0.3 is 5.97 Å². The van der Waals surface area contributed by atoms with Crippen LogP contribution in [0.25, 0.3) is 0 Å². The van der Waals surface area contributed by atoms with Crippen molar-refractivity contribution in [3.8, 4) is 0 Å². The minimum Gasteiger partial charge on any atom is -0.469 e. The third-order valence-corrected chi connectivity index (χ3v) is 4.71. The highest BCUT2D eigenvalue weighted by Crippen LogP contribution is 2.20. The van der Waals surface area contributed by atoms with E-state index in [1.807, 2.05) is 19.9 Å². The molecule has 1 atom stereocenters. The molecule has 0 aliphatic carbocycles. The summed E-state index contributed by atoms with van der Waals surface area (Å²) in [7, 11) is -2.01. The first-order chi connectivity index (χ1) is 8.85. The zero-order valence-electron chi connectivity index (χ0n) is 11.5. The molecule has 0 saturated carbocycles. The van der Waals surface area contributed by atoms with Crippen LogP contribution >= 0.6 is 0 Å². The van der Waals surface area contributed by atoms with Gasteiger partial charge in [0.05, 0.1) is 24.5 Å². The number of hydrogen-bond acceptors (Lipinski definition) is 4. The maximum atomic E-state index is 12.0. The number of carbonyl (C=O) groups is 1. The molecule has 1 aromatic carbocycles. The van der Waals surface area contributed by atoms with Gasteiger partial charge in [-0.15, -0.1) is 0 Å². The topological polar surface area (TPSA) is 60.4 Å².